The lowest BCUT2D eigenvalue weighted by molar-refractivity contribution is -0.121. The van der Waals surface area contributed by atoms with Crippen molar-refractivity contribution >= 4 is 41.0 Å². The first-order valence-electron chi connectivity index (χ1n) is 10.1. The third-order valence-electron chi connectivity index (χ3n) is 4.72. The minimum absolute atomic E-state index is 0.116. The lowest BCUT2D eigenvalue weighted by atomic mass is 10.2. The summed E-state index contributed by atoms with van der Waals surface area (Å²) in [6.07, 6.45) is 5.04. The number of aromatic nitrogens is 2. The highest BCUT2D eigenvalue weighted by molar-refractivity contribution is 6.18. The fraction of sp³-hybridized carbons (Fsp3) is 0.261. The highest BCUT2D eigenvalue weighted by atomic mass is 35.5. The van der Waals surface area contributed by atoms with Crippen LogP contribution in [-0.4, -0.2) is 53.6 Å². The SMILES string of the molecule is COc1ccc(-c2cn(CC(=O)N/N=C\c3ccc(N(CCCl)CCCl)cc3)cn2)cc1. The number of hydrogen-bond acceptors (Lipinski definition) is 5. The largest absolute Gasteiger partial charge is 0.497 e. The minimum Gasteiger partial charge on any atom is -0.497 e. The van der Waals surface area contributed by atoms with E-state index >= 15 is 0 Å². The van der Waals surface area contributed by atoms with E-state index in [9.17, 15) is 4.79 Å². The van der Waals surface area contributed by atoms with Crippen molar-refractivity contribution in [2.75, 3.05) is 36.9 Å². The number of methoxy groups -OCH3 is 1. The Morgan fingerprint density at radius 2 is 1.81 bits per heavy atom. The quantitative estimate of drug-likeness (QED) is 0.259. The number of alkyl halides is 2. The molecule has 3 rings (SSSR count). The Morgan fingerprint density at radius 1 is 1.12 bits per heavy atom. The Kier molecular flexibility index (Phi) is 8.95. The molecule has 0 saturated heterocycles. The molecule has 9 heteroatoms. The number of hydrogen-bond donors (Lipinski definition) is 1. The van der Waals surface area contributed by atoms with Gasteiger partial charge in [0.05, 0.1) is 25.3 Å². The van der Waals surface area contributed by atoms with Crippen LogP contribution in [-0.2, 0) is 11.3 Å². The van der Waals surface area contributed by atoms with Crippen LogP contribution in [0.3, 0.4) is 0 Å². The predicted octanol–water partition coefficient (Wildman–Crippen LogP) is 3.99. The van der Waals surface area contributed by atoms with Crippen molar-refractivity contribution in [2.24, 2.45) is 5.10 Å². The Bertz CT molecular complexity index is 1010. The lowest BCUT2D eigenvalue weighted by Crippen LogP contribution is -2.27. The molecule has 168 valence electrons. The molecule has 1 N–H and O–H groups in total. The van der Waals surface area contributed by atoms with Crippen LogP contribution in [0.25, 0.3) is 11.3 Å². The molecule has 1 heterocycles. The summed E-state index contributed by atoms with van der Waals surface area (Å²) in [6.45, 7) is 1.57. The van der Waals surface area contributed by atoms with E-state index in [1.807, 2.05) is 54.7 Å². The van der Waals surface area contributed by atoms with Crippen LogP contribution in [0.1, 0.15) is 5.56 Å². The number of amides is 1. The molecule has 3 aromatic rings. The van der Waals surface area contributed by atoms with Gasteiger partial charge in [-0.15, -0.1) is 23.2 Å². The van der Waals surface area contributed by atoms with Crippen molar-refractivity contribution in [2.45, 2.75) is 6.54 Å². The van der Waals surface area contributed by atoms with Gasteiger partial charge in [-0.25, -0.2) is 10.4 Å². The highest BCUT2D eigenvalue weighted by Gasteiger charge is 2.07. The van der Waals surface area contributed by atoms with E-state index in [1.54, 1.807) is 24.2 Å². The third kappa shape index (κ3) is 6.73. The molecule has 2 aromatic carbocycles. The van der Waals surface area contributed by atoms with Crippen LogP contribution in [0.2, 0.25) is 0 Å². The van der Waals surface area contributed by atoms with Crippen molar-refractivity contribution in [1.29, 1.82) is 0 Å². The molecule has 32 heavy (non-hydrogen) atoms. The first-order chi connectivity index (χ1) is 15.6. The van der Waals surface area contributed by atoms with Gasteiger partial charge in [0.15, 0.2) is 0 Å². The second-order valence-electron chi connectivity index (χ2n) is 6.91. The first-order valence-corrected chi connectivity index (χ1v) is 11.1. The maximum Gasteiger partial charge on any atom is 0.260 e. The number of rotatable bonds is 11. The summed E-state index contributed by atoms with van der Waals surface area (Å²) >= 11 is 11.7. The van der Waals surface area contributed by atoms with Crippen LogP contribution in [0.15, 0.2) is 66.2 Å². The summed E-state index contributed by atoms with van der Waals surface area (Å²) in [4.78, 5) is 18.7. The number of nitrogens with one attached hydrogen (secondary N) is 1. The molecule has 1 amide bonds. The van der Waals surface area contributed by atoms with Gasteiger partial charge in [0.2, 0.25) is 0 Å². The summed E-state index contributed by atoms with van der Waals surface area (Å²) < 4.78 is 6.87. The first kappa shape index (κ1) is 23.6. The highest BCUT2D eigenvalue weighted by Crippen LogP contribution is 2.20. The number of ether oxygens (including phenoxy) is 1. The summed E-state index contributed by atoms with van der Waals surface area (Å²) in [5.74, 6) is 1.60. The van der Waals surface area contributed by atoms with Gasteiger partial charge in [-0.3, -0.25) is 4.79 Å². The van der Waals surface area contributed by atoms with E-state index in [2.05, 4.69) is 20.4 Å². The molecule has 0 atom stereocenters. The number of anilines is 1. The van der Waals surface area contributed by atoms with E-state index in [4.69, 9.17) is 27.9 Å². The van der Waals surface area contributed by atoms with Crippen LogP contribution < -0.4 is 15.1 Å². The van der Waals surface area contributed by atoms with Crippen LogP contribution in [0.4, 0.5) is 5.69 Å². The average Bonchev–Trinajstić information content (AvgIpc) is 3.28. The summed E-state index contributed by atoms with van der Waals surface area (Å²) in [6, 6.07) is 15.4. The third-order valence-corrected chi connectivity index (χ3v) is 5.05. The predicted molar refractivity (Wildman–Crippen MR) is 130 cm³/mol. The molecule has 0 aliphatic rings. The van der Waals surface area contributed by atoms with Crippen molar-refractivity contribution in [3.8, 4) is 17.0 Å². The van der Waals surface area contributed by atoms with E-state index in [0.717, 1.165) is 41.3 Å². The lowest BCUT2D eigenvalue weighted by Gasteiger charge is -2.22. The fourth-order valence-corrected chi connectivity index (χ4v) is 3.49. The van der Waals surface area contributed by atoms with Gasteiger partial charge in [0.25, 0.3) is 5.91 Å². The molecule has 0 bridgehead atoms. The summed E-state index contributed by atoms with van der Waals surface area (Å²) in [5, 5.41) is 4.04. The smallest absolute Gasteiger partial charge is 0.260 e. The van der Waals surface area contributed by atoms with Gasteiger partial charge in [0.1, 0.15) is 12.3 Å². The van der Waals surface area contributed by atoms with Gasteiger partial charge < -0.3 is 14.2 Å². The summed E-state index contributed by atoms with van der Waals surface area (Å²) in [5.41, 5.74) is 6.18. The number of nitrogens with zero attached hydrogens (tertiary/aromatic N) is 4. The van der Waals surface area contributed by atoms with E-state index in [1.165, 1.54) is 0 Å². The van der Waals surface area contributed by atoms with Crippen molar-refractivity contribution < 1.29 is 9.53 Å². The molecule has 0 aliphatic carbocycles. The number of halogens is 2. The molecule has 0 fully saturated rings. The molecule has 1 aromatic heterocycles. The molecule has 0 spiro atoms. The Labute approximate surface area is 197 Å². The van der Waals surface area contributed by atoms with Crippen molar-refractivity contribution in [3.63, 3.8) is 0 Å². The van der Waals surface area contributed by atoms with E-state index in [0.29, 0.717) is 11.8 Å². The van der Waals surface area contributed by atoms with E-state index < -0.39 is 0 Å². The molecular formula is C23H25Cl2N5O2. The maximum absolute atomic E-state index is 12.2. The molecule has 0 aliphatic heterocycles. The topological polar surface area (TPSA) is 71.8 Å². The average molecular weight is 474 g/mol. The standard InChI is InChI=1S/C23H25Cl2N5O2/c1-32-21-8-4-19(5-9-21)22-15-29(17-26-22)16-23(31)28-27-14-18-2-6-20(7-3-18)30(12-10-24)13-11-25/h2-9,14-15,17H,10-13,16H2,1H3,(H,28,31)/b27-14-. The minimum atomic E-state index is -0.244. The molecule has 7 nitrogen and oxygen atoms in total. The zero-order chi connectivity index (χ0) is 22.8. The van der Waals surface area contributed by atoms with Crippen LogP contribution in [0, 0.1) is 0 Å². The van der Waals surface area contributed by atoms with Gasteiger partial charge in [-0.2, -0.15) is 5.10 Å². The van der Waals surface area contributed by atoms with Crippen molar-refractivity contribution in [3.05, 3.63) is 66.6 Å². The van der Waals surface area contributed by atoms with Gasteiger partial charge in [-0.1, -0.05) is 12.1 Å². The van der Waals surface area contributed by atoms with Gasteiger partial charge in [-0.05, 0) is 42.0 Å². The van der Waals surface area contributed by atoms with Gasteiger partial charge >= 0.3 is 0 Å². The van der Waals surface area contributed by atoms with Crippen LogP contribution >= 0.6 is 23.2 Å². The number of hydrazone groups is 1. The molecule has 0 saturated carbocycles. The Morgan fingerprint density at radius 3 is 2.44 bits per heavy atom. The second kappa shape index (κ2) is 12.1. The number of carbonyl (C=O) groups excluding carboxylic acids is 1. The molecule has 0 radical (unpaired) electrons. The van der Waals surface area contributed by atoms with Gasteiger partial charge in [0, 0.05) is 42.3 Å². The maximum atomic E-state index is 12.2. The Hall–Kier alpha value is -3.03. The normalized spacial score (nSPS) is 11.0. The Balaban J connectivity index is 1.52. The van der Waals surface area contributed by atoms with E-state index in [-0.39, 0.29) is 12.5 Å². The number of carbonyl (C=O) groups is 1. The number of benzene rings is 2. The molecular weight excluding hydrogens is 449 g/mol. The summed E-state index contributed by atoms with van der Waals surface area (Å²) in [7, 11) is 1.62. The zero-order valence-electron chi connectivity index (χ0n) is 17.7. The monoisotopic (exact) mass is 473 g/mol. The second-order valence-corrected chi connectivity index (χ2v) is 7.67. The van der Waals surface area contributed by atoms with Crippen LogP contribution in [0.5, 0.6) is 5.75 Å². The molecule has 0 unspecified atom stereocenters. The fourth-order valence-electron chi connectivity index (χ4n) is 3.08. The number of imidazole rings is 1. The van der Waals surface area contributed by atoms with Crippen molar-refractivity contribution in [1.82, 2.24) is 15.0 Å². The zero-order valence-corrected chi connectivity index (χ0v) is 19.3.